The Bertz CT molecular complexity index is 1890. The number of esters is 2. The number of ether oxygens (including phenoxy) is 3. The SMILES string of the molecule is COc1cccc(C(=O)Oc2ccc(C(=O)COC(=O)c3cccc(N4C(=O)[C@@H]5[C@@H]6C[C@@H]([C@@H]5C4=O)[C@H](c4ccccc4)C6)c3)cc2)c1. The molecule has 0 N–H and O–H groups in total. The van der Waals surface area contributed by atoms with E-state index in [1.165, 1.54) is 54.0 Å². The normalized spacial score (nSPS) is 22.6. The van der Waals surface area contributed by atoms with Crippen LogP contribution >= 0.6 is 0 Å². The van der Waals surface area contributed by atoms with Crippen molar-refractivity contribution in [3.8, 4) is 11.5 Å². The summed E-state index contributed by atoms with van der Waals surface area (Å²) in [5.74, 6) is -1.64. The summed E-state index contributed by atoms with van der Waals surface area (Å²) in [5, 5.41) is 0. The Morgan fingerprint density at radius 1 is 0.702 bits per heavy atom. The van der Waals surface area contributed by atoms with Gasteiger partial charge in [0.15, 0.2) is 12.4 Å². The first-order chi connectivity index (χ1) is 22.8. The number of hydrogen-bond acceptors (Lipinski definition) is 8. The number of nitrogens with zero attached hydrogens (tertiary/aromatic N) is 1. The molecule has 1 heterocycles. The fourth-order valence-corrected chi connectivity index (χ4v) is 7.49. The van der Waals surface area contributed by atoms with Crippen molar-refractivity contribution in [2.24, 2.45) is 23.7 Å². The molecule has 0 spiro atoms. The molecule has 3 fully saturated rings. The molecule has 4 aromatic rings. The van der Waals surface area contributed by atoms with Crippen molar-refractivity contribution in [1.29, 1.82) is 0 Å². The molecule has 7 rings (SSSR count). The number of Topliss-reactive ketones (excluding diaryl/α,β-unsaturated/α-hetero) is 1. The highest BCUT2D eigenvalue weighted by Crippen LogP contribution is 2.61. The Morgan fingerprint density at radius 2 is 1.40 bits per heavy atom. The van der Waals surface area contributed by atoms with Crippen LogP contribution in [0.3, 0.4) is 0 Å². The van der Waals surface area contributed by atoms with E-state index in [1.54, 1.807) is 36.4 Å². The van der Waals surface area contributed by atoms with E-state index in [-0.39, 0.29) is 58.3 Å². The van der Waals surface area contributed by atoms with E-state index in [0.29, 0.717) is 17.0 Å². The lowest BCUT2D eigenvalue weighted by Gasteiger charge is -2.28. The van der Waals surface area contributed by atoms with E-state index in [0.717, 1.165) is 12.8 Å². The van der Waals surface area contributed by atoms with Gasteiger partial charge in [-0.15, -0.1) is 0 Å². The Kier molecular flexibility index (Phi) is 7.89. The summed E-state index contributed by atoms with van der Waals surface area (Å²) < 4.78 is 15.8. The minimum atomic E-state index is -0.757. The highest BCUT2D eigenvalue weighted by molar-refractivity contribution is 6.23. The van der Waals surface area contributed by atoms with Crippen molar-refractivity contribution in [1.82, 2.24) is 0 Å². The lowest BCUT2D eigenvalue weighted by molar-refractivity contribution is -0.123. The quantitative estimate of drug-likeness (QED) is 0.0975. The minimum Gasteiger partial charge on any atom is -0.497 e. The minimum absolute atomic E-state index is 0.113. The lowest BCUT2D eigenvalue weighted by Crippen LogP contribution is -2.33. The third-order valence-electron chi connectivity index (χ3n) is 9.61. The van der Waals surface area contributed by atoms with Crippen molar-refractivity contribution in [3.63, 3.8) is 0 Å². The van der Waals surface area contributed by atoms with E-state index in [2.05, 4.69) is 12.1 Å². The maximum Gasteiger partial charge on any atom is 0.343 e. The number of benzene rings is 4. The Morgan fingerprint density at radius 3 is 2.15 bits per heavy atom. The van der Waals surface area contributed by atoms with Crippen LogP contribution in [-0.2, 0) is 14.3 Å². The highest BCUT2D eigenvalue weighted by Gasteiger charge is 2.64. The van der Waals surface area contributed by atoms with E-state index >= 15 is 0 Å². The van der Waals surface area contributed by atoms with Crippen molar-refractivity contribution in [2.75, 3.05) is 18.6 Å². The van der Waals surface area contributed by atoms with Crippen molar-refractivity contribution in [2.45, 2.75) is 18.8 Å². The first-order valence-electron chi connectivity index (χ1n) is 15.5. The van der Waals surface area contributed by atoms with Gasteiger partial charge in [-0.2, -0.15) is 0 Å². The van der Waals surface area contributed by atoms with Gasteiger partial charge in [0.25, 0.3) is 0 Å². The van der Waals surface area contributed by atoms with E-state index in [9.17, 15) is 24.0 Å². The number of rotatable bonds is 9. The van der Waals surface area contributed by atoms with Crippen LogP contribution in [0.4, 0.5) is 5.69 Å². The predicted molar refractivity (Wildman–Crippen MR) is 170 cm³/mol. The molecule has 4 aromatic carbocycles. The average molecular weight is 630 g/mol. The number of amides is 2. The van der Waals surface area contributed by atoms with Crippen LogP contribution in [0.2, 0.25) is 0 Å². The summed E-state index contributed by atoms with van der Waals surface area (Å²) in [4.78, 5) is 66.7. The lowest BCUT2D eigenvalue weighted by atomic mass is 9.73. The molecule has 3 aliphatic rings. The molecule has 5 atom stereocenters. The summed E-state index contributed by atoms with van der Waals surface area (Å²) in [6, 6.07) is 28.8. The third-order valence-corrected chi connectivity index (χ3v) is 9.61. The predicted octanol–water partition coefficient (Wildman–Crippen LogP) is 5.88. The van der Waals surface area contributed by atoms with Crippen LogP contribution in [-0.4, -0.2) is 43.3 Å². The van der Waals surface area contributed by atoms with Crippen LogP contribution in [0.15, 0.2) is 103 Å². The molecule has 0 radical (unpaired) electrons. The van der Waals surface area contributed by atoms with Gasteiger partial charge in [-0.1, -0.05) is 42.5 Å². The molecule has 47 heavy (non-hydrogen) atoms. The summed E-state index contributed by atoms with van der Waals surface area (Å²) in [7, 11) is 1.50. The van der Waals surface area contributed by atoms with Crippen molar-refractivity contribution >= 4 is 35.2 Å². The van der Waals surface area contributed by atoms with E-state index < -0.39 is 24.3 Å². The Labute approximate surface area is 271 Å². The van der Waals surface area contributed by atoms with Gasteiger partial charge < -0.3 is 14.2 Å². The molecule has 9 nitrogen and oxygen atoms in total. The second-order valence-electron chi connectivity index (χ2n) is 12.2. The zero-order valence-electron chi connectivity index (χ0n) is 25.5. The summed E-state index contributed by atoms with van der Waals surface area (Å²) >= 11 is 0. The molecular weight excluding hydrogens is 598 g/mol. The summed E-state index contributed by atoms with van der Waals surface area (Å²) in [6.45, 7) is -0.526. The zero-order chi connectivity index (χ0) is 32.7. The van der Waals surface area contributed by atoms with Gasteiger partial charge in [-0.05, 0) is 96.8 Å². The van der Waals surface area contributed by atoms with Gasteiger partial charge in [0, 0.05) is 5.56 Å². The largest absolute Gasteiger partial charge is 0.497 e. The number of imide groups is 1. The van der Waals surface area contributed by atoms with Gasteiger partial charge in [0.2, 0.25) is 11.8 Å². The zero-order valence-corrected chi connectivity index (χ0v) is 25.5. The maximum atomic E-state index is 13.7. The topological polar surface area (TPSA) is 116 Å². The third kappa shape index (κ3) is 5.58. The van der Waals surface area contributed by atoms with Gasteiger partial charge in [-0.25, -0.2) is 9.59 Å². The molecule has 2 saturated carbocycles. The molecule has 1 saturated heterocycles. The smallest absolute Gasteiger partial charge is 0.343 e. The number of methoxy groups -OCH3 is 1. The average Bonchev–Trinajstić information content (AvgIpc) is 3.78. The van der Waals surface area contributed by atoms with Gasteiger partial charge >= 0.3 is 11.9 Å². The second-order valence-corrected chi connectivity index (χ2v) is 12.2. The van der Waals surface area contributed by atoms with Crippen LogP contribution in [0.25, 0.3) is 0 Å². The van der Waals surface area contributed by atoms with Gasteiger partial charge in [0.05, 0.1) is 35.8 Å². The number of anilines is 1. The molecule has 2 aliphatic carbocycles. The Hall–Kier alpha value is -5.57. The van der Waals surface area contributed by atoms with Crippen LogP contribution in [0.5, 0.6) is 11.5 Å². The molecular formula is C38H31NO8. The number of carbonyl (C=O) groups is 5. The standard InChI is InChI=1S/C38H31NO8/c1-45-29-12-6-10-25(18-29)38(44)47-28-15-13-23(14-16-28)32(40)21-46-37(43)24-9-5-11-27(17-24)39-35(41)33-26-19-30(22-7-3-2-4-8-22)31(20-26)34(33)36(39)42/h2-18,26,30-31,33-34H,19-21H2,1H3/t26-,30-,31+,33+,34-/m0/s1. The number of fused-ring (bicyclic) bond motifs is 5. The first kappa shape index (κ1) is 30.1. The number of ketones is 1. The molecule has 0 aromatic heterocycles. The summed E-state index contributed by atoms with van der Waals surface area (Å²) in [6.07, 6.45) is 1.76. The molecule has 2 bridgehead atoms. The monoisotopic (exact) mass is 629 g/mol. The van der Waals surface area contributed by atoms with Crippen LogP contribution in [0, 0.1) is 23.7 Å². The van der Waals surface area contributed by atoms with E-state index in [1.807, 2.05) is 18.2 Å². The highest BCUT2D eigenvalue weighted by atomic mass is 16.5. The maximum absolute atomic E-state index is 13.7. The second kappa shape index (κ2) is 12.3. The van der Waals surface area contributed by atoms with Gasteiger partial charge in [0.1, 0.15) is 11.5 Å². The number of carbonyl (C=O) groups excluding carboxylic acids is 5. The molecule has 2 amide bonds. The van der Waals surface area contributed by atoms with Crippen molar-refractivity contribution in [3.05, 3.63) is 125 Å². The van der Waals surface area contributed by atoms with Crippen molar-refractivity contribution < 1.29 is 38.2 Å². The molecule has 9 heteroatoms. The van der Waals surface area contributed by atoms with Crippen LogP contribution in [0.1, 0.15) is 55.4 Å². The Balaban J connectivity index is 0.973. The fraction of sp³-hybridized carbons (Fsp3) is 0.237. The van der Waals surface area contributed by atoms with E-state index in [4.69, 9.17) is 14.2 Å². The summed E-state index contributed by atoms with van der Waals surface area (Å²) in [5.41, 5.74) is 2.23. The molecule has 236 valence electrons. The molecule has 0 unspecified atom stereocenters. The van der Waals surface area contributed by atoms with Crippen LogP contribution < -0.4 is 14.4 Å². The fourth-order valence-electron chi connectivity index (χ4n) is 7.49. The van der Waals surface area contributed by atoms with Gasteiger partial charge in [-0.3, -0.25) is 19.3 Å². The molecule has 1 aliphatic heterocycles. The number of hydrogen-bond donors (Lipinski definition) is 0. The first-order valence-corrected chi connectivity index (χ1v) is 15.5.